The number of benzene rings is 2. The molecule has 2 aromatic rings. The molecule has 0 spiro atoms. The second kappa shape index (κ2) is 14.3. The third-order valence-electron chi connectivity index (χ3n) is 7.75. The minimum atomic E-state index is -0.372. The molecule has 0 amide bonds. The first kappa shape index (κ1) is 30.4. The first-order chi connectivity index (χ1) is 19.2. The Morgan fingerprint density at radius 1 is 1.00 bits per heavy atom. The lowest BCUT2D eigenvalue weighted by atomic mass is 9.88. The summed E-state index contributed by atoms with van der Waals surface area (Å²) < 4.78 is 28.9. The van der Waals surface area contributed by atoms with Crippen LogP contribution >= 0.6 is 11.6 Å². The van der Waals surface area contributed by atoms with E-state index >= 15 is 0 Å². The topological polar surface area (TPSA) is 80.3 Å². The van der Waals surface area contributed by atoms with E-state index in [2.05, 4.69) is 12.1 Å². The highest BCUT2D eigenvalue weighted by atomic mass is 35.5. The molecule has 0 radical (unpaired) electrons. The summed E-state index contributed by atoms with van der Waals surface area (Å²) in [7, 11) is 0. The zero-order chi connectivity index (χ0) is 28.5. The first-order valence-corrected chi connectivity index (χ1v) is 14.7. The number of hydrogen-bond acceptors (Lipinski definition) is 7. The Labute approximate surface area is 242 Å². The average molecular weight is 573 g/mol. The molecule has 1 saturated heterocycles. The summed E-state index contributed by atoms with van der Waals surface area (Å²) in [5, 5.41) is 0.673. The Hall–Kier alpha value is -2.61. The zero-order valence-corrected chi connectivity index (χ0v) is 24.5. The molecule has 1 aliphatic heterocycles. The molecule has 2 aromatic carbocycles. The fourth-order valence-electron chi connectivity index (χ4n) is 5.70. The SMILES string of the molecule is CCOCC1(COc2ccc(Cc3cc([C@H]4C[C@@H](OC(C)=O)C[C@@H](COC(C)=O)O4)ccc3Cl)cc2)CCCC1. The Morgan fingerprint density at radius 3 is 2.42 bits per heavy atom. The van der Waals surface area contributed by atoms with Crippen LogP contribution < -0.4 is 4.74 Å². The minimum Gasteiger partial charge on any atom is -0.493 e. The third kappa shape index (κ3) is 8.69. The zero-order valence-electron chi connectivity index (χ0n) is 23.8. The molecular weight excluding hydrogens is 532 g/mol. The molecule has 40 heavy (non-hydrogen) atoms. The van der Waals surface area contributed by atoms with Crippen molar-refractivity contribution >= 4 is 23.5 Å². The number of carbonyl (C=O) groups is 2. The molecule has 7 nitrogen and oxygen atoms in total. The predicted molar refractivity (Wildman–Crippen MR) is 153 cm³/mol. The lowest BCUT2D eigenvalue weighted by Crippen LogP contribution is -2.36. The number of rotatable bonds is 12. The van der Waals surface area contributed by atoms with E-state index < -0.39 is 0 Å². The van der Waals surface area contributed by atoms with Crippen LogP contribution in [-0.2, 0) is 35.0 Å². The van der Waals surface area contributed by atoms with Gasteiger partial charge in [-0.2, -0.15) is 0 Å². The van der Waals surface area contributed by atoms with Crippen LogP contribution in [-0.4, -0.2) is 50.6 Å². The minimum absolute atomic E-state index is 0.116. The predicted octanol–water partition coefficient (Wildman–Crippen LogP) is 6.62. The van der Waals surface area contributed by atoms with E-state index in [9.17, 15) is 9.59 Å². The maximum Gasteiger partial charge on any atom is 0.302 e. The van der Waals surface area contributed by atoms with Crippen LogP contribution in [0.25, 0.3) is 0 Å². The van der Waals surface area contributed by atoms with Gasteiger partial charge in [-0.15, -0.1) is 0 Å². The normalized spacial score (nSPS) is 22.1. The van der Waals surface area contributed by atoms with E-state index in [0.29, 0.717) is 30.9 Å². The highest BCUT2D eigenvalue weighted by Gasteiger charge is 2.35. The molecule has 1 aliphatic carbocycles. The molecular formula is C32H41ClO7. The van der Waals surface area contributed by atoms with Gasteiger partial charge in [0.05, 0.1) is 25.4 Å². The number of hydrogen-bond donors (Lipinski definition) is 0. The third-order valence-corrected chi connectivity index (χ3v) is 8.11. The Morgan fingerprint density at radius 2 is 1.75 bits per heavy atom. The van der Waals surface area contributed by atoms with E-state index in [1.165, 1.54) is 26.7 Å². The van der Waals surface area contributed by atoms with Crippen molar-refractivity contribution in [1.82, 2.24) is 0 Å². The lowest BCUT2D eigenvalue weighted by Gasteiger charge is -2.35. The highest BCUT2D eigenvalue weighted by Crippen LogP contribution is 2.39. The monoisotopic (exact) mass is 572 g/mol. The Bertz CT molecular complexity index is 1130. The molecule has 0 aromatic heterocycles. The van der Waals surface area contributed by atoms with Crippen molar-refractivity contribution in [3.63, 3.8) is 0 Å². The molecule has 2 aliphatic rings. The van der Waals surface area contributed by atoms with Gasteiger partial charge in [0, 0.05) is 43.7 Å². The van der Waals surface area contributed by atoms with Crippen molar-refractivity contribution < 1.29 is 33.3 Å². The number of carbonyl (C=O) groups excluding carboxylic acids is 2. The summed E-state index contributed by atoms with van der Waals surface area (Å²) in [6.07, 6.45) is 5.42. The fraction of sp³-hybridized carbons (Fsp3) is 0.562. The van der Waals surface area contributed by atoms with Gasteiger partial charge >= 0.3 is 11.9 Å². The Balaban J connectivity index is 1.41. The average Bonchev–Trinajstić information content (AvgIpc) is 3.40. The number of ether oxygens (including phenoxy) is 5. The van der Waals surface area contributed by atoms with Gasteiger partial charge in [-0.1, -0.05) is 48.7 Å². The second-order valence-corrected chi connectivity index (χ2v) is 11.5. The molecule has 4 rings (SSSR count). The molecule has 0 N–H and O–H groups in total. The lowest BCUT2D eigenvalue weighted by molar-refractivity contribution is -0.169. The number of halogens is 1. The van der Waals surface area contributed by atoms with Gasteiger partial charge in [-0.3, -0.25) is 9.59 Å². The molecule has 2 fully saturated rings. The molecule has 1 heterocycles. The molecule has 0 unspecified atom stereocenters. The smallest absolute Gasteiger partial charge is 0.302 e. The maximum absolute atomic E-state index is 11.6. The first-order valence-electron chi connectivity index (χ1n) is 14.3. The van der Waals surface area contributed by atoms with Crippen molar-refractivity contribution in [3.8, 4) is 5.75 Å². The van der Waals surface area contributed by atoms with E-state index in [4.69, 9.17) is 35.3 Å². The van der Waals surface area contributed by atoms with Crippen LogP contribution in [0.5, 0.6) is 5.75 Å². The van der Waals surface area contributed by atoms with Crippen LogP contribution in [0.4, 0.5) is 0 Å². The van der Waals surface area contributed by atoms with Crippen molar-refractivity contribution in [2.45, 2.75) is 84.0 Å². The molecule has 1 saturated carbocycles. The van der Waals surface area contributed by atoms with Crippen molar-refractivity contribution in [2.75, 3.05) is 26.4 Å². The quantitative estimate of drug-likeness (QED) is 0.264. The maximum atomic E-state index is 11.6. The molecule has 8 heteroatoms. The summed E-state index contributed by atoms with van der Waals surface area (Å²) in [5.74, 6) is 0.148. The van der Waals surface area contributed by atoms with Crippen LogP contribution in [0.2, 0.25) is 5.02 Å². The van der Waals surface area contributed by atoms with E-state index in [0.717, 1.165) is 48.5 Å². The second-order valence-electron chi connectivity index (χ2n) is 11.1. The summed E-state index contributed by atoms with van der Waals surface area (Å²) in [4.78, 5) is 23.0. The van der Waals surface area contributed by atoms with Crippen LogP contribution in [0.15, 0.2) is 42.5 Å². The van der Waals surface area contributed by atoms with Gasteiger partial charge < -0.3 is 23.7 Å². The van der Waals surface area contributed by atoms with Gasteiger partial charge in [-0.25, -0.2) is 0 Å². The van der Waals surface area contributed by atoms with E-state index in [-0.39, 0.29) is 42.3 Å². The van der Waals surface area contributed by atoms with Crippen LogP contribution in [0, 0.1) is 5.41 Å². The van der Waals surface area contributed by atoms with Crippen molar-refractivity contribution in [1.29, 1.82) is 0 Å². The van der Waals surface area contributed by atoms with Crippen LogP contribution in [0.3, 0.4) is 0 Å². The van der Waals surface area contributed by atoms with Crippen molar-refractivity contribution in [2.24, 2.45) is 5.41 Å². The molecule has 3 atom stereocenters. The summed E-state index contributed by atoms with van der Waals surface area (Å²) in [6.45, 7) is 7.08. The summed E-state index contributed by atoms with van der Waals surface area (Å²) >= 11 is 6.60. The van der Waals surface area contributed by atoms with E-state index in [1.54, 1.807) is 0 Å². The largest absolute Gasteiger partial charge is 0.493 e. The van der Waals surface area contributed by atoms with Gasteiger partial charge in [0.25, 0.3) is 0 Å². The van der Waals surface area contributed by atoms with Crippen LogP contribution in [0.1, 0.15) is 82.1 Å². The van der Waals surface area contributed by atoms with Gasteiger partial charge in [0.2, 0.25) is 0 Å². The molecule has 0 bridgehead atoms. The highest BCUT2D eigenvalue weighted by molar-refractivity contribution is 6.31. The van der Waals surface area contributed by atoms with Gasteiger partial charge in [-0.05, 0) is 61.1 Å². The summed E-state index contributed by atoms with van der Waals surface area (Å²) in [6, 6.07) is 14.1. The standard InChI is InChI=1S/C32H41ClO7/c1-4-36-20-32(13-5-6-14-32)21-38-27-10-7-24(8-11-27)15-26-16-25(9-12-30(26)33)31-18-28(39-23(3)35)17-29(40-31)19-37-22(2)34/h7-12,16,28-29,31H,4-6,13-15,17-21H2,1-3H3/t28-,29-,31+/m0/s1. The van der Waals surface area contributed by atoms with Gasteiger partial charge in [0.15, 0.2) is 0 Å². The summed E-state index contributed by atoms with van der Waals surface area (Å²) in [5.41, 5.74) is 3.16. The number of esters is 2. The van der Waals surface area contributed by atoms with Gasteiger partial charge in [0.1, 0.15) is 18.5 Å². The van der Waals surface area contributed by atoms with Crippen molar-refractivity contribution in [3.05, 3.63) is 64.2 Å². The fourth-order valence-corrected chi connectivity index (χ4v) is 5.88. The Kier molecular flexibility index (Phi) is 10.9. The molecule has 218 valence electrons. The van der Waals surface area contributed by atoms with E-state index in [1.807, 2.05) is 37.3 Å².